The summed E-state index contributed by atoms with van der Waals surface area (Å²) in [6.45, 7) is 4.14. The summed E-state index contributed by atoms with van der Waals surface area (Å²) in [6.07, 6.45) is 2.80. The molecule has 0 saturated carbocycles. The summed E-state index contributed by atoms with van der Waals surface area (Å²) in [4.78, 5) is 71.2. The van der Waals surface area contributed by atoms with Crippen molar-refractivity contribution in [1.29, 1.82) is 10.5 Å². The Morgan fingerprint density at radius 3 is 1.29 bits per heavy atom. The van der Waals surface area contributed by atoms with E-state index in [9.17, 15) is 36.9 Å². The molecule has 4 amide bonds. The number of piperidine rings is 2. The molecule has 0 N–H and O–H groups in total. The van der Waals surface area contributed by atoms with Crippen molar-refractivity contribution in [1.82, 2.24) is 19.8 Å². The molecule has 22 nitrogen and oxygen atoms in total. The molecule has 6 aromatic rings. The predicted molar refractivity (Wildman–Crippen MR) is 292 cm³/mol. The highest BCUT2D eigenvalue weighted by Crippen LogP contribution is 2.54. The Morgan fingerprint density at radius 1 is 0.561 bits per heavy atom. The van der Waals surface area contributed by atoms with Gasteiger partial charge in [-0.3, -0.25) is 9.59 Å². The molecule has 24 heteroatoms. The number of methoxy groups -OCH3 is 2. The summed E-state index contributed by atoms with van der Waals surface area (Å²) in [6, 6.07) is 29.4. The number of anilines is 2. The van der Waals surface area contributed by atoms with Gasteiger partial charge in [0.15, 0.2) is 0 Å². The van der Waals surface area contributed by atoms with E-state index in [4.69, 9.17) is 28.4 Å². The summed E-state index contributed by atoms with van der Waals surface area (Å²) in [5, 5.41) is 20.2. The molecule has 0 spiro atoms. The number of ether oxygens (including phenoxy) is 6. The van der Waals surface area contributed by atoms with Crippen molar-refractivity contribution in [2.24, 2.45) is 11.8 Å². The van der Waals surface area contributed by atoms with Crippen molar-refractivity contribution in [3.05, 3.63) is 155 Å². The maximum Gasteiger partial charge on any atom is 0.411 e. The topological polar surface area (TPSA) is 278 Å². The number of rotatable bonds is 15. The van der Waals surface area contributed by atoms with Crippen LogP contribution in [0.5, 0.6) is 23.3 Å². The first-order valence-corrected chi connectivity index (χ1v) is 29.1. The van der Waals surface area contributed by atoms with Crippen LogP contribution in [-0.4, -0.2) is 114 Å². The van der Waals surface area contributed by atoms with Gasteiger partial charge in [0, 0.05) is 49.7 Å². The number of fused-ring (bicyclic) bond motifs is 2. The number of nitrogens with zero attached hydrogens (tertiary/aromatic N) is 8. The van der Waals surface area contributed by atoms with Crippen LogP contribution in [0, 0.1) is 34.5 Å². The zero-order valence-corrected chi connectivity index (χ0v) is 46.5. The maximum atomic E-state index is 15.4. The Balaban J connectivity index is 0.899. The number of nitriles is 2. The number of benzene rings is 4. The second kappa shape index (κ2) is 22.3. The second-order valence-electron chi connectivity index (χ2n) is 19.5. The first kappa shape index (κ1) is 56.0. The average Bonchev–Trinajstić information content (AvgIpc) is 2.12. The van der Waals surface area contributed by atoms with Crippen molar-refractivity contribution >= 4 is 55.4 Å². The van der Waals surface area contributed by atoms with Gasteiger partial charge in [0.1, 0.15) is 21.3 Å². The zero-order chi connectivity index (χ0) is 58.1. The third-order valence-electron chi connectivity index (χ3n) is 15.2. The SMILES string of the molecule is CCOc1ncccc1C1(OC(=O)N2CCC(C3CCN(C(=O)OC4(c5cccnc5OCC)C(=O)N(S(=O)(=O)c5ccccc5OC)c5ccc(C#N)cc54)CC3)CC2)C(=O)N(S(=O)(=O)c2ccccc2OC)c2ccc(C#N)cc21. The summed E-state index contributed by atoms with van der Waals surface area (Å²) in [5.74, 6) is -2.63. The zero-order valence-electron chi connectivity index (χ0n) is 44.9. The number of sulfonamides is 2. The van der Waals surface area contributed by atoms with Gasteiger partial charge in [0.25, 0.3) is 43.1 Å². The molecule has 2 aromatic heterocycles. The normalized spacial score (nSPS) is 19.1. The fraction of sp³-hybridized carbons (Fsp3) is 0.310. The molecule has 2 atom stereocenters. The number of aromatic nitrogens is 2. The van der Waals surface area contributed by atoms with Gasteiger partial charge in [0.05, 0.1) is 73.2 Å². The quantitative estimate of drug-likeness (QED) is 0.0968. The van der Waals surface area contributed by atoms with E-state index in [0.29, 0.717) is 34.3 Å². The molecule has 82 heavy (non-hydrogen) atoms. The van der Waals surface area contributed by atoms with Crippen LogP contribution in [-0.2, 0) is 50.3 Å². The number of pyridine rings is 2. The molecule has 2 unspecified atom stereocenters. The van der Waals surface area contributed by atoms with E-state index in [1.807, 2.05) is 12.1 Å². The van der Waals surface area contributed by atoms with Crippen LogP contribution in [0.3, 0.4) is 0 Å². The highest BCUT2D eigenvalue weighted by atomic mass is 32.2. The summed E-state index contributed by atoms with van der Waals surface area (Å²) in [7, 11) is -7.03. The molecule has 422 valence electrons. The largest absolute Gasteiger partial charge is 0.495 e. The second-order valence-corrected chi connectivity index (χ2v) is 23.0. The van der Waals surface area contributed by atoms with Crippen molar-refractivity contribution in [2.45, 2.75) is 60.5 Å². The van der Waals surface area contributed by atoms with Crippen LogP contribution in [0.25, 0.3) is 0 Å². The van der Waals surface area contributed by atoms with Crippen LogP contribution >= 0.6 is 0 Å². The first-order chi connectivity index (χ1) is 39.5. The van der Waals surface area contributed by atoms with Crippen LogP contribution in [0.1, 0.15) is 72.9 Å². The van der Waals surface area contributed by atoms with Crippen molar-refractivity contribution < 1.29 is 64.4 Å². The molecule has 10 rings (SSSR count). The molecule has 4 aliphatic heterocycles. The highest BCUT2D eigenvalue weighted by molar-refractivity contribution is 7.94. The summed E-state index contributed by atoms with van der Waals surface area (Å²) >= 11 is 0. The Morgan fingerprint density at radius 2 is 0.939 bits per heavy atom. The monoisotopic (exact) mass is 1150 g/mol. The van der Waals surface area contributed by atoms with E-state index in [-0.39, 0.29) is 129 Å². The van der Waals surface area contributed by atoms with E-state index >= 15 is 9.59 Å². The number of amides is 4. The fourth-order valence-electron chi connectivity index (χ4n) is 11.3. The number of carbonyl (C=O) groups is 4. The van der Waals surface area contributed by atoms with E-state index in [1.165, 1.54) is 133 Å². The minimum atomic E-state index is -4.80. The Bertz CT molecular complexity index is 3610. The molecule has 2 fully saturated rings. The highest BCUT2D eigenvalue weighted by Gasteiger charge is 2.63. The lowest BCUT2D eigenvalue weighted by Gasteiger charge is -2.41. The van der Waals surface area contributed by atoms with Gasteiger partial charge >= 0.3 is 12.2 Å². The average molecular weight is 1150 g/mol. The van der Waals surface area contributed by atoms with E-state index in [0.717, 1.165) is 0 Å². The molecule has 2 saturated heterocycles. The van der Waals surface area contributed by atoms with Gasteiger partial charge in [0.2, 0.25) is 11.8 Å². The van der Waals surface area contributed by atoms with Gasteiger partial charge in [-0.25, -0.2) is 36.4 Å². The first-order valence-electron chi connectivity index (χ1n) is 26.2. The third-order valence-corrected chi connectivity index (χ3v) is 18.7. The van der Waals surface area contributed by atoms with Gasteiger partial charge < -0.3 is 38.2 Å². The Kier molecular flexibility index (Phi) is 15.3. The van der Waals surface area contributed by atoms with E-state index < -0.39 is 55.2 Å². The summed E-state index contributed by atoms with van der Waals surface area (Å²) in [5.41, 5.74) is -5.68. The lowest BCUT2D eigenvalue weighted by Crippen LogP contribution is -2.51. The van der Waals surface area contributed by atoms with Crippen LogP contribution in [0.4, 0.5) is 21.0 Å². The fourth-order valence-corrected chi connectivity index (χ4v) is 14.6. The molecular formula is C58H54N8O14S2. The molecule has 0 aliphatic carbocycles. The van der Waals surface area contributed by atoms with Crippen molar-refractivity contribution in [3.8, 4) is 35.4 Å². The van der Waals surface area contributed by atoms with Crippen LogP contribution in [0.2, 0.25) is 0 Å². The minimum absolute atomic E-state index is 0.0319. The maximum absolute atomic E-state index is 15.4. The van der Waals surface area contributed by atoms with Crippen molar-refractivity contribution in [2.75, 3.05) is 62.2 Å². The summed E-state index contributed by atoms with van der Waals surface area (Å²) < 4.78 is 95.6. The lowest BCUT2D eigenvalue weighted by atomic mass is 9.79. The third kappa shape index (κ3) is 9.26. The Labute approximate surface area is 473 Å². The number of carbonyl (C=O) groups excluding carboxylic acids is 4. The van der Waals surface area contributed by atoms with Gasteiger partial charge in [-0.15, -0.1) is 0 Å². The predicted octanol–water partition coefficient (Wildman–Crippen LogP) is 7.39. The lowest BCUT2D eigenvalue weighted by molar-refractivity contribution is -0.133. The van der Waals surface area contributed by atoms with Gasteiger partial charge in [-0.1, -0.05) is 24.3 Å². The molecule has 4 aliphatic rings. The van der Waals surface area contributed by atoms with E-state index in [1.54, 1.807) is 26.0 Å². The molecule has 6 heterocycles. The molecule has 0 bridgehead atoms. The Hall–Kier alpha value is -9.26. The molecule has 4 aromatic carbocycles. The number of para-hydroxylation sites is 2. The van der Waals surface area contributed by atoms with Crippen LogP contribution in [0.15, 0.2) is 131 Å². The van der Waals surface area contributed by atoms with Crippen LogP contribution < -0.4 is 27.6 Å². The van der Waals surface area contributed by atoms with Crippen molar-refractivity contribution in [3.63, 3.8) is 0 Å². The molecular weight excluding hydrogens is 1100 g/mol. The minimum Gasteiger partial charge on any atom is -0.495 e. The number of likely N-dealkylation sites (tertiary alicyclic amines) is 2. The number of hydrogen-bond acceptors (Lipinski definition) is 18. The smallest absolute Gasteiger partial charge is 0.411 e. The van der Waals surface area contributed by atoms with Gasteiger partial charge in [-0.05, 0) is 136 Å². The molecule has 0 radical (unpaired) electrons. The van der Waals surface area contributed by atoms with E-state index in [2.05, 4.69) is 9.97 Å². The standard InChI is InChI=1S/C58H54N8O14S2/c1-5-77-51-41(13-11-27-61-51)57(43-33-37(35-59)19-21-45(43)65(53(57)67)81(71,72)49-17-9-7-15-47(49)75-3)79-55(69)63-29-23-39(24-30-63)40-25-31-64(32-26-40)56(70)80-58(42-14-12-28-62-52(42)78-6-2)44-34-38(36-60)20-22-46(44)66(54(58)68)82(73,74)50-18-10-8-16-48(50)76-4/h7-22,27-28,33-34,39-40H,5-6,23-26,29-32H2,1-4H3. The van der Waals surface area contributed by atoms with Gasteiger partial charge in [-0.2, -0.15) is 19.1 Å². The number of hydrogen-bond donors (Lipinski definition) is 0.